The Morgan fingerprint density at radius 3 is 2.42 bits per heavy atom. The van der Waals surface area contributed by atoms with E-state index in [1.54, 1.807) is 0 Å². The highest BCUT2D eigenvalue weighted by atomic mass is 16.1. The molecule has 26 heavy (non-hydrogen) atoms. The standard InChI is InChI=1S/C22H25N3O/c1-17-12-15-25(24-17)20-10-8-18(9-11-20)21(26)23-16-22(13-5-14-22)19-6-3-2-4-7-19/h2-4,6-11H,5,12-16H2,1H3,(H,23,26). The number of nitrogens with zero attached hydrogens (tertiary/aromatic N) is 2. The van der Waals surface area contributed by atoms with Gasteiger partial charge in [0.2, 0.25) is 0 Å². The maximum Gasteiger partial charge on any atom is 0.251 e. The van der Waals surface area contributed by atoms with Gasteiger partial charge in [-0.15, -0.1) is 0 Å². The van der Waals surface area contributed by atoms with E-state index < -0.39 is 0 Å². The summed E-state index contributed by atoms with van der Waals surface area (Å²) in [6.07, 6.45) is 4.52. The van der Waals surface area contributed by atoms with E-state index in [0.29, 0.717) is 12.1 Å². The minimum absolute atomic E-state index is 0.000130. The van der Waals surface area contributed by atoms with Gasteiger partial charge in [-0.1, -0.05) is 36.8 Å². The molecular weight excluding hydrogens is 322 g/mol. The van der Waals surface area contributed by atoms with Crippen molar-refractivity contribution in [3.05, 3.63) is 65.7 Å². The molecule has 1 aliphatic heterocycles. The van der Waals surface area contributed by atoms with Crippen molar-refractivity contribution in [3.8, 4) is 0 Å². The molecule has 4 heteroatoms. The van der Waals surface area contributed by atoms with Crippen LogP contribution in [-0.2, 0) is 5.41 Å². The molecule has 4 nitrogen and oxygen atoms in total. The highest BCUT2D eigenvalue weighted by Gasteiger charge is 2.38. The van der Waals surface area contributed by atoms with Gasteiger partial charge in [0.15, 0.2) is 0 Å². The molecule has 0 unspecified atom stereocenters. The summed E-state index contributed by atoms with van der Waals surface area (Å²) in [6.45, 7) is 3.66. The third-order valence-electron chi connectivity index (χ3n) is 5.69. The Balaban J connectivity index is 1.40. The van der Waals surface area contributed by atoms with Gasteiger partial charge < -0.3 is 5.32 Å². The molecule has 134 valence electrons. The van der Waals surface area contributed by atoms with Crippen LogP contribution in [0, 0.1) is 0 Å². The summed E-state index contributed by atoms with van der Waals surface area (Å²) in [6, 6.07) is 18.3. The lowest BCUT2D eigenvalue weighted by molar-refractivity contribution is 0.0928. The van der Waals surface area contributed by atoms with Crippen molar-refractivity contribution in [3.63, 3.8) is 0 Å². The van der Waals surface area contributed by atoms with Crippen LogP contribution in [0.15, 0.2) is 59.7 Å². The fraction of sp³-hybridized carbons (Fsp3) is 0.364. The molecule has 0 spiro atoms. The van der Waals surface area contributed by atoms with Crippen LogP contribution in [0.2, 0.25) is 0 Å². The lowest BCUT2D eigenvalue weighted by Gasteiger charge is -2.42. The van der Waals surface area contributed by atoms with Crippen molar-refractivity contribution in [2.75, 3.05) is 18.1 Å². The smallest absolute Gasteiger partial charge is 0.251 e. The molecule has 2 aliphatic rings. The molecule has 0 radical (unpaired) electrons. The number of anilines is 1. The second-order valence-electron chi connectivity index (χ2n) is 7.44. The molecule has 1 aliphatic carbocycles. The first-order valence-electron chi connectivity index (χ1n) is 9.42. The van der Waals surface area contributed by atoms with Gasteiger partial charge >= 0.3 is 0 Å². The van der Waals surface area contributed by atoms with E-state index in [0.717, 1.165) is 37.2 Å². The molecule has 1 heterocycles. The number of benzene rings is 2. The van der Waals surface area contributed by atoms with Crippen LogP contribution in [0.5, 0.6) is 0 Å². The molecular formula is C22H25N3O. The Labute approximate surface area is 154 Å². The van der Waals surface area contributed by atoms with Crippen LogP contribution < -0.4 is 10.3 Å². The van der Waals surface area contributed by atoms with Crippen LogP contribution in [-0.4, -0.2) is 24.7 Å². The van der Waals surface area contributed by atoms with Gasteiger partial charge in [0.25, 0.3) is 5.91 Å². The molecule has 1 fully saturated rings. The van der Waals surface area contributed by atoms with Gasteiger partial charge in [-0.25, -0.2) is 0 Å². The van der Waals surface area contributed by atoms with Gasteiger partial charge in [0.05, 0.1) is 5.69 Å². The van der Waals surface area contributed by atoms with Gasteiger partial charge in [-0.3, -0.25) is 9.80 Å². The molecule has 4 rings (SSSR count). The zero-order valence-electron chi connectivity index (χ0n) is 15.2. The third-order valence-corrected chi connectivity index (χ3v) is 5.69. The Kier molecular flexibility index (Phi) is 4.49. The first-order valence-corrected chi connectivity index (χ1v) is 9.42. The molecule has 1 N–H and O–H groups in total. The lowest BCUT2D eigenvalue weighted by Crippen LogP contribution is -2.45. The van der Waals surface area contributed by atoms with Crippen molar-refractivity contribution in [2.45, 2.75) is 38.0 Å². The molecule has 0 bridgehead atoms. The number of hydrogen-bond acceptors (Lipinski definition) is 3. The van der Waals surface area contributed by atoms with Crippen molar-refractivity contribution < 1.29 is 4.79 Å². The molecule has 1 amide bonds. The minimum atomic E-state index is -0.000130. The number of hydrazone groups is 1. The normalized spacial score (nSPS) is 18.2. The Hall–Kier alpha value is -2.62. The first kappa shape index (κ1) is 16.8. The van der Waals surface area contributed by atoms with Crippen LogP contribution in [0.3, 0.4) is 0 Å². The average Bonchev–Trinajstić information content (AvgIpc) is 3.08. The zero-order valence-corrected chi connectivity index (χ0v) is 15.2. The van der Waals surface area contributed by atoms with Gasteiger partial charge in [-0.05, 0) is 49.6 Å². The summed E-state index contributed by atoms with van der Waals surface area (Å²) in [5.74, 6) is -0.000130. The highest BCUT2D eigenvalue weighted by Crippen LogP contribution is 2.43. The Morgan fingerprint density at radius 1 is 1.12 bits per heavy atom. The number of amides is 1. The van der Waals surface area contributed by atoms with E-state index in [9.17, 15) is 4.79 Å². The molecule has 2 aromatic carbocycles. The third kappa shape index (κ3) is 3.24. The van der Waals surface area contributed by atoms with Crippen LogP contribution in [0.1, 0.15) is 48.5 Å². The largest absolute Gasteiger partial charge is 0.351 e. The van der Waals surface area contributed by atoms with E-state index >= 15 is 0 Å². The molecule has 0 aromatic heterocycles. The molecule has 2 aromatic rings. The van der Waals surface area contributed by atoms with Crippen molar-refractivity contribution in [2.24, 2.45) is 5.10 Å². The van der Waals surface area contributed by atoms with E-state index in [-0.39, 0.29) is 11.3 Å². The summed E-state index contributed by atoms with van der Waals surface area (Å²) < 4.78 is 0. The number of carbonyl (C=O) groups is 1. The summed E-state index contributed by atoms with van der Waals surface area (Å²) in [7, 11) is 0. The fourth-order valence-electron chi connectivity index (χ4n) is 3.86. The molecule has 0 saturated heterocycles. The molecule has 1 saturated carbocycles. The van der Waals surface area contributed by atoms with Crippen molar-refractivity contribution >= 4 is 17.3 Å². The van der Waals surface area contributed by atoms with Crippen molar-refractivity contribution in [1.82, 2.24) is 5.32 Å². The fourth-order valence-corrected chi connectivity index (χ4v) is 3.86. The number of carbonyl (C=O) groups excluding carboxylic acids is 1. The lowest BCUT2D eigenvalue weighted by atomic mass is 9.64. The topological polar surface area (TPSA) is 44.7 Å². The highest BCUT2D eigenvalue weighted by molar-refractivity contribution is 5.94. The Bertz CT molecular complexity index is 807. The van der Waals surface area contributed by atoms with Gasteiger partial charge in [-0.2, -0.15) is 5.10 Å². The average molecular weight is 347 g/mol. The second kappa shape index (κ2) is 6.94. The maximum absolute atomic E-state index is 12.6. The zero-order chi connectivity index (χ0) is 18.0. The summed E-state index contributed by atoms with van der Waals surface area (Å²) in [5.41, 5.74) is 4.34. The molecule has 0 atom stereocenters. The predicted molar refractivity (Wildman–Crippen MR) is 106 cm³/mol. The van der Waals surface area contributed by atoms with Crippen LogP contribution in [0.25, 0.3) is 0 Å². The van der Waals surface area contributed by atoms with E-state index in [2.05, 4.69) is 34.7 Å². The Morgan fingerprint density at radius 2 is 1.85 bits per heavy atom. The summed E-state index contributed by atoms with van der Waals surface area (Å²) in [5, 5.41) is 9.66. The van der Waals surface area contributed by atoms with E-state index in [1.807, 2.05) is 42.3 Å². The number of hydrogen-bond donors (Lipinski definition) is 1. The quantitative estimate of drug-likeness (QED) is 0.884. The number of nitrogens with one attached hydrogen (secondary N) is 1. The van der Waals surface area contributed by atoms with E-state index in [1.165, 1.54) is 12.0 Å². The van der Waals surface area contributed by atoms with Crippen molar-refractivity contribution in [1.29, 1.82) is 0 Å². The van der Waals surface area contributed by atoms with E-state index in [4.69, 9.17) is 0 Å². The maximum atomic E-state index is 12.6. The van der Waals surface area contributed by atoms with Gasteiger partial charge in [0.1, 0.15) is 0 Å². The predicted octanol–water partition coefficient (Wildman–Crippen LogP) is 4.12. The second-order valence-corrected chi connectivity index (χ2v) is 7.44. The number of rotatable bonds is 5. The minimum Gasteiger partial charge on any atom is -0.351 e. The summed E-state index contributed by atoms with van der Waals surface area (Å²) in [4.78, 5) is 12.6. The van der Waals surface area contributed by atoms with Crippen LogP contribution >= 0.6 is 0 Å². The summed E-state index contributed by atoms with van der Waals surface area (Å²) >= 11 is 0. The monoisotopic (exact) mass is 347 g/mol. The first-order chi connectivity index (χ1) is 12.7. The van der Waals surface area contributed by atoms with Crippen LogP contribution in [0.4, 0.5) is 5.69 Å². The van der Waals surface area contributed by atoms with Gasteiger partial charge in [0, 0.05) is 36.2 Å². The SMILES string of the molecule is CC1=NN(c2ccc(C(=O)NCC3(c4ccccc4)CCC3)cc2)CC1.